The molecular weight excluding hydrogens is 479 g/mol. The molecule has 0 aliphatic rings. The largest absolute Gasteiger partial charge is 0.508 e. The summed E-state index contributed by atoms with van der Waals surface area (Å²) in [7, 11) is 1.65. The van der Waals surface area contributed by atoms with Crippen LogP contribution in [0.15, 0.2) is 47.5 Å². The lowest BCUT2D eigenvalue weighted by Gasteiger charge is -2.15. The van der Waals surface area contributed by atoms with Gasteiger partial charge in [0.15, 0.2) is 5.96 Å². The number of aliphatic imine (C=N–C) groups is 1. The van der Waals surface area contributed by atoms with E-state index in [0.29, 0.717) is 24.6 Å². The molecule has 2 aromatic rings. The third-order valence-corrected chi connectivity index (χ3v) is 3.97. The first-order valence-corrected chi connectivity index (χ1v) is 8.74. The minimum absolute atomic E-state index is 0. The van der Waals surface area contributed by atoms with E-state index in [-0.39, 0.29) is 35.5 Å². The number of rotatable bonds is 8. The van der Waals surface area contributed by atoms with Gasteiger partial charge in [0, 0.05) is 25.7 Å². The van der Waals surface area contributed by atoms with Crippen LogP contribution < -0.4 is 15.4 Å². The number of hydrogen-bond donors (Lipinski definition) is 3. The highest BCUT2D eigenvalue weighted by Crippen LogP contribution is 2.22. The summed E-state index contributed by atoms with van der Waals surface area (Å²) in [6.45, 7) is 0.0612. The Labute approximate surface area is 181 Å². The van der Waals surface area contributed by atoms with Gasteiger partial charge in [-0.05, 0) is 43.5 Å². The maximum absolute atomic E-state index is 12.5. The van der Waals surface area contributed by atoms with Gasteiger partial charge < -0.3 is 20.5 Å². The van der Waals surface area contributed by atoms with Crippen molar-refractivity contribution in [3.63, 3.8) is 0 Å². The quantitative estimate of drug-likeness (QED) is 0.218. The van der Waals surface area contributed by atoms with Crippen LogP contribution in [0.25, 0.3) is 0 Å². The van der Waals surface area contributed by atoms with Crippen LogP contribution in [0.4, 0.5) is 8.78 Å². The van der Waals surface area contributed by atoms with Crippen LogP contribution in [0, 0.1) is 6.92 Å². The number of aromatic hydroxyl groups is 1. The van der Waals surface area contributed by atoms with Gasteiger partial charge in [0.2, 0.25) is 0 Å². The van der Waals surface area contributed by atoms with Crippen molar-refractivity contribution in [2.75, 3.05) is 13.6 Å². The number of guanidine groups is 1. The molecule has 0 saturated heterocycles. The lowest BCUT2D eigenvalue weighted by Crippen LogP contribution is -2.37. The van der Waals surface area contributed by atoms with Crippen molar-refractivity contribution in [3.05, 3.63) is 59.2 Å². The normalized spacial score (nSPS) is 11.1. The summed E-state index contributed by atoms with van der Waals surface area (Å²) in [5.74, 6) is 1.00. The van der Waals surface area contributed by atoms with Gasteiger partial charge in [0.05, 0.1) is 0 Å². The Morgan fingerprint density at radius 1 is 1.14 bits per heavy atom. The highest BCUT2D eigenvalue weighted by atomic mass is 127. The van der Waals surface area contributed by atoms with Crippen LogP contribution >= 0.6 is 24.0 Å². The van der Waals surface area contributed by atoms with Gasteiger partial charge >= 0.3 is 6.61 Å². The highest BCUT2D eigenvalue weighted by Gasteiger charge is 2.10. The van der Waals surface area contributed by atoms with E-state index in [4.69, 9.17) is 0 Å². The Hall–Kier alpha value is -2.10. The molecule has 28 heavy (non-hydrogen) atoms. The van der Waals surface area contributed by atoms with Crippen LogP contribution in [-0.4, -0.2) is 31.3 Å². The van der Waals surface area contributed by atoms with E-state index in [1.54, 1.807) is 31.3 Å². The van der Waals surface area contributed by atoms with E-state index in [9.17, 15) is 13.9 Å². The van der Waals surface area contributed by atoms with Crippen LogP contribution in [-0.2, 0) is 13.0 Å². The maximum atomic E-state index is 12.5. The van der Waals surface area contributed by atoms with Crippen LogP contribution in [0.2, 0.25) is 0 Å². The topological polar surface area (TPSA) is 65.9 Å². The van der Waals surface area contributed by atoms with Crippen molar-refractivity contribution in [3.8, 4) is 11.5 Å². The third kappa shape index (κ3) is 8.28. The molecule has 2 aromatic carbocycles. The SMILES string of the molecule is CN=C(NCCCc1ccc(O)cc1)NCc1cc(C)ccc1OC(F)F.I. The summed E-state index contributed by atoms with van der Waals surface area (Å²) < 4.78 is 29.7. The number of phenolic OH excluding ortho intramolecular Hbond substituents is 1. The molecule has 0 amide bonds. The predicted octanol–water partition coefficient (Wildman–Crippen LogP) is 4.22. The van der Waals surface area contributed by atoms with Gasteiger partial charge in [-0.25, -0.2) is 0 Å². The summed E-state index contributed by atoms with van der Waals surface area (Å²) in [5.41, 5.74) is 2.75. The fourth-order valence-electron chi connectivity index (χ4n) is 2.62. The minimum Gasteiger partial charge on any atom is -0.508 e. The van der Waals surface area contributed by atoms with Crippen molar-refractivity contribution < 1.29 is 18.6 Å². The molecule has 0 aliphatic heterocycles. The average Bonchev–Trinajstić information content (AvgIpc) is 2.64. The summed E-state index contributed by atoms with van der Waals surface area (Å²) in [4.78, 5) is 4.14. The second-order valence-electron chi connectivity index (χ2n) is 6.11. The molecule has 0 aliphatic carbocycles. The molecule has 0 spiro atoms. The molecule has 0 saturated carbocycles. The molecule has 0 heterocycles. The second-order valence-corrected chi connectivity index (χ2v) is 6.11. The number of phenols is 1. The lowest BCUT2D eigenvalue weighted by molar-refractivity contribution is -0.0504. The van der Waals surface area contributed by atoms with E-state index in [2.05, 4.69) is 20.4 Å². The Morgan fingerprint density at radius 2 is 1.86 bits per heavy atom. The number of hydrogen-bond acceptors (Lipinski definition) is 3. The number of ether oxygens (including phenoxy) is 1. The monoisotopic (exact) mass is 505 g/mol. The zero-order valence-electron chi connectivity index (χ0n) is 15.9. The van der Waals surface area contributed by atoms with E-state index >= 15 is 0 Å². The molecule has 0 atom stereocenters. The molecule has 0 bridgehead atoms. The van der Waals surface area contributed by atoms with E-state index < -0.39 is 6.61 Å². The van der Waals surface area contributed by atoms with Crippen LogP contribution in [0.5, 0.6) is 11.5 Å². The first-order valence-electron chi connectivity index (χ1n) is 8.74. The number of alkyl halides is 2. The van der Waals surface area contributed by atoms with Gasteiger partial charge in [0.1, 0.15) is 11.5 Å². The van der Waals surface area contributed by atoms with E-state index in [0.717, 1.165) is 24.0 Å². The summed E-state index contributed by atoms with van der Waals surface area (Å²) in [6, 6.07) is 12.2. The fraction of sp³-hybridized carbons (Fsp3) is 0.350. The fourth-order valence-corrected chi connectivity index (χ4v) is 2.62. The molecule has 0 radical (unpaired) electrons. The summed E-state index contributed by atoms with van der Waals surface area (Å²) in [6.07, 6.45) is 1.75. The standard InChI is InChI=1S/C20H25F2N3O2.HI/c1-14-5-10-18(27-19(21)22)16(12-14)13-25-20(23-2)24-11-3-4-15-6-8-17(26)9-7-15;/h5-10,12,19,26H,3-4,11,13H2,1-2H3,(H2,23,24,25);1H. The Morgan fingerprint density at radius 3 is 2.50 bits per heavy atom. The molecule has 154 valence electrons. The molecule has 8 heteroatoms. The molecule has 5 nitrogen and oxygen atoms in total. The second kappa shape index (κ2) is 12.4. The van der Waals surface area contributed by atoms with Gasteiger partial charge in [-0.2, -0.15) is 8.78 Å². The molecule has 0 aromatic heterocycles. The average molecular weight is 505 g/mol. The van der Waals surface area contributed by atoms with Crippen molar-refractivity contribution in [1.82, 2.24) is 10.6 Å². The third-order valence-electron chi connectivity index (χ3n) is 3.97. The number of aryl methyl sites for hydroxylation is 2. The van der Waals surface area contributed by atoms with E-state index in [1.807, 2.05) is 25.1 Å². The lowest BCUT2D eigenvalue weighted by atomic mass is 10.1. The first-order chi connectivity index (χ1) is 13.0. The van der Waals surface area contributed by atoms with Gasteiger partial charge in [-0.15, -0.1) is 24.0 Å². The molecule has 0 fully saturated rings. The Bertz CT molecular complexity index is 756. The van der Waals surface area contributed by atoms with Crippen molar-refractivity contribution in [1.29, 1.82) is 0 Å². The Balaban J connectivity index is 0.00000392. The highest BCUT2D eigenvalue weighted by molar-refractivity contribution is 14.0. The Kier molecular flexibility index (Phi) is 10.6. The van der Waals surface area contributed by atoms with Crippen LogP contribution in [0.3, 0.4) is 0 Å². The first kappa shape index (κ1) is 23.9. The van der Waals surface area contributed by atoms with Crippen molar-refractivity contribution in [2.24, 2.45) is 4.99 Å². The number of benzene rings is 2. The van der Waals surface area contributed by atoms with E-state index in [1.165, 1.54) is 0 Å². The molecular formula is C20H26F2IN3O2. The minimum atomic E-state index is -2.86. The zero-order valence-corrected chi connectivity index (χ0v) is 18.2. The molecule has 3 N–H and O–H groups in total. The predicted molar refractivity (Wildman–Crippen MR) is 118 cm³/mol. The molecule has 2 rings (SSSR count). The maximum Gasteiger partial charge on any atom is 0.387 e. The summed E-state index contributed by atoms with van der Waals surface area (Å²) >= 11 is 0. The number of nitrogens with one attached hydrogen (secondary N) is 2. The zero-order chi connectivity index (χ0) is 19.6. The number of halogens is 3. The van der Waals surface area contributed by atoms with Gasteiger partial charge in [-0.3, -0.25) is 4.99 Å². The van der Waals surface area contributed by atoms with Crippen molar-refractivity contribution in [2.45, 2.75) is 32.9 Å². The number of nitrogens with zero attached hydrogens (tertiary/aromatic N) is 1. The summed E-state index contributed by atoms with van der Waals surface area (Å²) in [5, 5.41) is 15.6. The van der Waals surface area contributed by atoms with Gasteiger partial charge in [0.25, 0.3) is 0 Å². The smallest absolute Gasteiger partial charge is 0.387 e. The molecule has 0 unspecified atom stereocenters. The van der Waals surface area contributed by atoms with Crippen molar-refractivity contribution >= 4 is 29.9 Å². The van der Waals surface area contributed by atoms with Gasteiger partial charge in [-0.1, -0.05) is 29.8 Å². The van der Waals surface area contributed by atoms with Crippen LogP contribution in [0.1, 0.15) is 23.1 Å².